The van der Waals surface area contributed by atoms with E-state index in [0.29, 0.717) is 0 Å². The van der Waals surface area contributed by atoms with Crippen LogP contribution in [0, 0.1) is 10.2 Å². The molecule has 2 aromatic rings. The maximum Gasteiger partial charge on any atom is 0.280 e. The van der Waals surface area contributed by atoms with Crippen LogP contribution < -0.4 is 28.5 Å². The minimum Gasteiger partial charge on any atom is -0.247 e. The predicted molar refractivity (Wildman–Crippen MR) is 73.2 cm³/mol. The molecule has 4 rings (SSSR count). The summed E-state index contributed by atoms with van der Waals surface area (Å²) in [4.78, 5) is 5.71. The number of anilines is 1. The summed E-state index contributed by atoms with van der Waals surface area (Å²) in [6.07, 6.45) is 4.29. The molecule has 23 heavy (non-hydrogen) atoms. The molecule has 118 valence electrons. The number of halogens is 1. The lowest BCUT2D eigenvalue weighted by Crippen LogP contribution is -2.73. The fraction of sp³-hybridized carbons (Fsp3) is 0.0625. The molecule has 0 saturated heterocycles. The van der Waals surface area contributed by atoms with Crippen LogP contribution in [0.3, 0.4) is 0 Å². The van der Waals surface area contributed by atoms with Crippen LogP contribution in [0.1, 0.15) is 16.7 Å². The van der Waals surface area contributed by atoms with Crippen LogP contribution in [0.15, 0.2) is 54.4 Å². The molecule has 0 atom stereocenters. The van der Waals surface area contributed by atoms with Gasteiger partial charge in [0.1, 0.15) is 12.2 Å². The Hall–Kier alpha value is -2.22. The van der Waals surface area contributed by atoms with Gasteiger partial charge < -0.3 is 0 Å². The number of benzene rings is 2. The van der Waals surface area contributed by atoms with Crippen molar-refractivity contribution in [3.63, 3.8) is 0 Å². The van der Waals surface area contributed by atoms with E-state index in [9.17, 15) is 0 Å². The number of hydrogen-bond acceptors (Lipinski definition) is 5. The third-order valence-corrected chi connectivity index (χ3v) is 3.57. The number of hydrogen-bond donors (Lipinski definition) is 1. The highest BCUT2D eigenvalue weighted by molar-refractivity contribution is 5.88. The van der Waals surface area contributed by atoms with Gasteiger partial charge >= 0.3 is 0 Å². The van der Waals surface area contributed by atoms with Crippen LogP contribution >= 0.6 is 0 Å². The molecule has 2 aromatic carbocycles. The summed E-state index contributed by atoms with van der Waals surface area (Å²) in [5.41, 5.74) is 5.20. The fourth-order valence-corrected chi connectivity index (χ4v) is 2.64. The summed E-state index contributed by atoms with van der Waals surface area (Å²) >= 11 is 0. The Bertz CT molecular complexity index is 778. The Morgan fingerprint density at radius 3 is 2.22 bits per heavy atom. The van der Waals surface area contributed by atoms with Crippen molar-refractivity contribution in [2.24, 2.45) is 0 Å². The molecule has 7 heteroatoms. The van der Waals surface area contributed by atoms with E-state index < -0.39 is 10.2 Å². The van der Waals surface area contributed by atoms with E-state index in [1.165, 1.54) is 22.4 Å². The van der Waals surface area contributed by atoms with E-state index in [1.54, 1.807) is 0 Å². The van der Waals surface area contributed by atoms with Crippen molar-refractivity contribution in [1.29, 1.82) is 0 Å². The first-order valence-electron chi connectivity index (χ1n) is 6.79. The monoisotopic (exact) mass is 332 g/mol. The van der Waals surface area contributed by atoms with Crippen LogP contribution in [-0.2, 0) is 6.54 Å². The van der Waals surface area contributed by atoms with Crippen LogP contribution in [0.4, 0.5) is 5.69 Å². The Balaban J connectivity index is 0.000000276. The van der Waals surface area contributed by atoms with Gasteiger partial charge in [-0.1, -0.05) is 36.4 Å². The summed E-state index contributed by atoms with van der Waals surface area (Å²) in [7, 11) is -4.94. The maximum absolute atomic E-state index is 8.49. The van der Waals surface area contributed by atoms with Crippen LogP contribution in [0.2, 0.25) is 0 Å². The van der Waals surface area contributed by atoms with Gasteiger partial charge in [0.05, 0.1) is 11.8 Å². The molecular weight excluding hydrogens is 320 g/mol. The van der Waals surface area contributed by atoms with E-state index in [2.05, 4.69) is 70.7 Å². The third-order valence-electron chi connectivity index (χ3n) is 3.57. The van der Waals surface area contributed by atoms with Gasteiger partial charge in [-0.25, -0.2) is 28.5 Å². The Labute approximate surface area is 135 Å². The van der Waals surface area contributed by atoms with Gasteiger partial charge in [0.15, 0.2) is 0 Å². The predicted octanol–water partition coefficient (Wildman–Crippen LogP) is -3.24. The summed E-state index contributed by atoms with van der Waals surface area (Å²) in [6.45, 7) is 0.930. The molecule has 2 heterocycles. The molecule has 0 spiro atoms. The smallest absolute Gasteiger partial charge is 0.247 e. The quantitative estimate of drug-likeness (QED) is 0.545. The number of nitrogens with zero attached hydrogens (tertiary/aromatic N) is 1. The molecule has 1 N–H and O–H groups in total. The van der Waals surface area contributed by atoms with E-state index in [0.717, 1.165) is 12.4 Å². The number of rotatable bonds is 0. The van der Waals surface area contributed by atoms with Crippen molar-refractivity contribution < 1.29 is 33.9 Å². The van der Waals surface area contributed by atoms with Gasteiger partial charge in [0.25, 0.3) is 5.82 Å². The topological polar surface area (TPSA) is 109 Å². The summed E-state index contributed by atoms with van der Waals surface area (Å²) in [6, 6.07) is 17.0. The molecule has 0 unspecified atom stereocenters. The zero-order chi connectivity index (χ0) is 16.4. The van der Waals surface area contributed by atoms with Crippen molar-refractivity contribution in [3.8, 4) is 0 Å². The SMILES string of the molecule is C1=[NH+]C2=Cc3ccccc3CN2c2ccccc21.[O-][Cl+3]([O-])([O-])[O-]. The third kappa shape index (κ3) is 3.76. The first-order chi connectivity index (χ1) is 10.9. The van der Waals surface area contributed by atoms with Gasteiger partial charge in [-0.05, 0) is 17.7 Å². The molecule has 0 bridgehead atoms. The van der Waals surface area contributed by atoms with E-state index in [-0.39, 0.29) is 0 Å². The second-order valence-electron chi connectivity index (χ2n) is 5.04. The molecule has 0 radical (unpaired) electrons. The van der Waals surface area contributed by atoms with Crippen molar-refractivity contribution in [2.45, 2.75) is 6.54 Å². The molecule has 2 aliphatic rings. The second kappa shape index (κ2) is 6.11. The lowest BCUT2D eigenvalue weighted by molar-refractivity contribution is -2.00. The van der Waals surface area contributed by atoms with E-state index in [4.69, 9.17) is 18.6 Å². The normalized spacial score (nSPS) is 14.8. The average molecular weight is 333 g/mol. The highest BCUT2D eigenvalue weighted by Crippen LogP contribution is 2.29. The molecule has 0 fully saturated rings. The van der Waals surface area contributed by atoms with Crippen molar-refractivity contribution >= 4 is 18.0 Å². The van der Waals surface area contributed by atoms with Crippen LogP contribution in [0.25, 0.3) is 6.08 Å². The van der Waals surface area contributed by atoms with Crippen molar-refractivity contribution in [2.75, 3.05) is 4.90 Å². The van der Waals surface area contributed by atoms with Gasteiger partial charge in [0.2, 0.25) is 0 Å². The lowest BCUT2D eigenvalue weighted by atomic mass is 10.0. The fourth-order valence-electron chi connectivity index (χ4n) is 2.64. The zero-order valence-corrected chi connectivity index (χ0v) is 12.7. The highest BCUT2D eigenvalue weighted by atomic mass is 35.7. The Kier molecular flexibility index (Phi) is 4.16. The standard InChI is InChI=1S/C16H12N2.ClHO4/c1-2-7-14-11-18-15-8-4-3-6-13(15)10-17-16(18)9-12(14)5-1;2-1(3,4)5/h1-10H,11H2;(H,2,3,4,5). The summed E-state index contributed by atoms with van der Waals surface area (Å²) in [5, 5.41) is 0. The van der Waals surface area contributed by atoms with Gasteiger partial charge in [0, 0.05) is 11.6 Å². The van der Waals surface area contributed by atoms with Crippen LogP contribution in [0.5, 0.6) is 0 Å². The molecule has 0 saturated carbocycles. The second-order valence-corrected chi connectivity index (χ2v) is 5.80. The number of para-hydroxylation sites is 1. The molecule has 0 amide bonds. The van der Waals surface area contributed by atoms with Gasteiger partial charge in [-0.15, -0.1) is 10.2 Å². The van der Waals surface area contributed by atoms with Gasteiger partial charge in [-0.3, -0.25) is 0 Å². The maximum atomic E-state index is 8.49. The minimum atomic E-state index is -4.94. The van der Waals surface area contributed by atoms with Gasteiger partial charge in [-0.2, -0.15) is 0 Å². The Morgan fingerprint density at radius 2 is 1.48 bits per heavy atom. The molecule has 2 aliphatic heterocycles. The number of nitrogens with one attached hydrogen (secondary N) is 1. The average Bonchev–Trinajstić information content (AvgIpc) is 2.51. The summed E-state index contributed by atoms with van der Waals surface area (Å²) < 4.78 is 34.0. The van der Waals surface area contributed by atoms with E-state index >= 15 is 0 Å². The summed E-state index contributed by atoms with van der Waals surface area (Å²) in [5.74, 6) is 1.16. The van der Waals surface area contributed by atoms with E-state index in [1.807, 2.05) is 0 Å². The first-order valence-corrected chi connectivity index (χ1v) is 8.03. The zero-order valence-electron chi connectivity index (χ0n) is 11.9. The van der Waals surface area contributed by atoms with Crippen LogP contribution in [-0.4, -0.2) is 6.21 Å². The van der Waals surface area contributed by atoms with Crippen molar-refractivity contribution in [1.82, 2.24) is 0 Å². The lowest BCUT2D eigenvalue weighted by Gasteiger charge is -2.25. The highest BCUT2D eigenvalue weighted by Gasteiger charge is 2.29. The molecule has 0 aromatic heterocycles. The molecular formula is C16H13ClN2O4. The Morgan fingerprint density at radius 1 is 0.870 bits per heavy atom. The molecule has 6 nitrogen and oxygen atoms in total. The van der Waals surface area contributed by atoms with Crippen molar-refractivity contribution in [3.05, 3.63) is 71.0 Å². The largest absolute Gasteiger partial charge is 0.280 e. The molecule has 0 aliphatic carbocycles. The minimum absolute atomic E-state index is 0.930. The first kappa shape index (κ1) is 15.7. The number of fused-ring (bicyclic) bond motifs is 4.